The highest BCUT2D eigenvalue weighted by atomic mass is 79.9. The van der Waals surface area contributed by atoms with Crippen LogP contribution in [0.15, 0.2) is 77.8 Å². The summed E-state index contributed by atoms with van der Waals surface area (Å²) in [5.74, 6) is 1.34. The zero-order valence-corrected chi connectivity index (χ0v) is 18.3. The van der Waals surface area contributed by atoms with Gasteiger partial charge in [0.05, 0.1) is 7.11 Å². The monoisotopic (exact) mass is 463 g/mol. The first-order chi connectivity index (χ1) is 14.6. The van der Waals surface area contributed by atoms with E-state index in [0.717, 1.165) is 26.9 Å². The third kappa shape index (κ3) is 3.98. The van der Waals surface area contributed by atoms with Gasteiger partial charge in [-0.05, 0) is 35.7 Å². The van der Waals surface area contributed by atoms with Gasteiger partial charge in [-0.2, -0.15) is 0 Å². The van der Waals surface area contributed by atoms with E-state index in [1.807, 2.05) is 66.7 Å². The zero-order valence-electron chi connectivity index (χ0n) is 16.7. The molecule has 4 nitrogen and oxygen atoms in total. The smallest absolute Gasteiger partial charge is 0.258 e. The van der Waals surface area contributed by atoms with E-state index in [0.29, 0.717) is 36.6 Å². The van der Waals surface area contributed by atoms with Gasteiger partial charge in [-0.25, -0.2) is 0 Å². The minimum atomic E-state index is 0.00139. The Bertz CT molecular complexity index is 1060. The fourth-order valence-electron chi connectivity index (χ4n) is 3.58. The molecule has 0 spiro atoms. The van der Waals surface area contributed by atoms with Crippen molar-refractivity contribution in [2.75, 3.05) is 13.7 Å². The molecule has 0 aliphatic carbocycles. The molecule has 0 fully saturated rings. The number of halogens is 1. The van der Waals surface area contributed by atoms with Gasteiger partial charge in [-0.1, -0.05) is 71.0 Å². The number of rotatable bonds is 7. The number of fused-ring (bicyclic) bond motifs is 1. The number of ether oxygens (including phenoxy) is 2. The van der Waals surface area contributed by atoms with Crippen molar-refractivity contribution in [1.82, 2.24) is 4.90 Å². The molecular weight excluding hydrogens is 442 g/mol. The van der Waals surface area contributed by atoms with Gasteiger partial charge in [0.2, 0.25) is 0 Å². The highest BCUT2D eigenvalue weighted by Gasteiger charge is 2.30. The van der Waals surface area contributed by atoms with Crippen LogP contribution in [-0.2, 0) is 13.0 Å². The Balaban J connectivity index is 1.47. The van der Waals surface area contributed by atoms with Gasteiger partial charge in [0, 0.05) is 27.8 Å². The Morgan fingerprint density at radius 3 is 2.37 bits per heavy atom. The molecule has 152 valence electrons. The van der Waals surface area contributed by atoms with Crippen LogP contribution in [0.4, 0.5) is 0 Å². The van der Waals surface area contributed by atoms with Crippen LogP contribution in [0.1, 0.15) is 27.0 Å². The molecule has 0 unspecified atom stereocenters. The lowest BCUT2D eigenvalue weighted by Crippen LogP contribution is -2.25. The average Bonchev–Trinajstić information content (AvgIpc) is 3.02. The molecule has 0 atom stereocenters. The van der Waals surface area contributed by atoms with Gasteiger partial charge in [0.25, 0.3) is 5.91 Å². The molecule has 1 amide bonds. The summed E-state index contributed by atoms with van der Waals surface area (Å²) < 4.78 is 12.4. The second-order valence-electron chi connectivity index (χ2n) is 7.07. The first-order valence-corrected chi connectivity index (χ1v) is 10.5. The Kier molecular flexibility index (Phi) is 5.91. The first kappa shape index (κ1) is 20.2. The van der Waals surface area contributed by atoms with Gasteiger partial charge in [0.15, 0.2) is 11.5 Å². The summed E-state index contributed by atoms with van der Waals surface area (Å²) in [7, 11) is 1.63. The second-order valence-corrected chi connectivity index (χ2v) is 7.92. The predicted molar refractivity (Wildman–Crippen MR) is 122 cm³/mol. The van der Waals surface area contributed by atoms with E-state index >= 15 is 0 Å². The second kappa shape index (κ2) is 8.76. The molecule has 1 aliphatic heterocycles. The Labute approximate surface area is 184 Å². The van der Waals surface area contributed by atoms with Gasteiger partial charge >= 0.3 is 0 Å². The van der Waals surface area contributed by atoms with Crippen molar-refractivity contribution in [3.63, 3.8) is 0 Å². The zero-order chi connectivity index (χ0) is 21.1. The van der Waals surface area contributed by atoms with Crippen molar-refractivity contribution in [3.05, 3.63) is 100 Å². The number of hydrogen-bond acceptors (Lipinski definition) is 3. The van der Waals surface area contributed by atoms with E-state index in [4.69, 9.17) is 9.47 Å². The third-order valence-corrected chi connectivity index (χ3v) is 5.95. The summed E-state index contributed by atoms with van der Waals surface area (Å²) in [6, 6.07) is 21.5. The van der Waals surface area contributed by atoms with Gasteiger partial charge in [-0.15, -0.1) is 0 Å². The normalized spacial score (nSPS) is 12.8. The summed E-state index contributed by atoms with van der Waals surface area (Å²) in [5, 5.41) is 0. The number of carbonyl (C=O) groups is 1. The minimum absolute atomic E-state index is 0.00139. The van der Waals surface area contributed by atoms with E-state index in [1.54, 1.807) is 12.0 Å². The van der Waals surface area contributed by atoms with E-state index in [9.17, 15) is 4.79 Å². The van der Waals surface area contributed by atoms with E-state index in [-0.39, 0.29) is 5.91 Å². The van der Waals surface area contributed by atoms with Crippen LogP contribution in [0, 0.1) is 0 Å². The number of methoxy groups -OCH3 is 1. The molecule has 5 heteroatoms. The molecular formula is C25H22BrNO3. The predicted octanol–water partition coefficient (Wildman–Crippen LogP) is 5.71. The van der Waals surface area contributed by atoms with Crippen molar-refractivity contribution < 1.29 is 14.3 Å². The molecule has 3 aromatic carbocycles. The van der Waals surface area contributed by atoms with Crippen LogP contribution in [0.3, 0.4) is 0 Å². The lowest BCUT2D eigenvalue weighted by atomic mass is 10.1. The van der Waals surface area contributed by atoms with Gasteiger partial charge < -0.3 is 14.4 Å². The van der Waals surface area contributed by atoms with Crippen LogP contribution >= 0.6 is 15.9 Å². The molecule has 0 saturated heterocycles. The summed E-state index contributed by atoms with van der Waals surface area (Å²) in [4.78, 5) is 14.5. The summed E-state index contributed by atoms with van der Waals surface area (Å²) in [5.41, 5.74) is 4.50. The number of hydrogen-bond donors (Lipinski definition) is 0. The lowest BCUT2D eigenvalue weighted by Gasteiger charge is -2.19. The lowest BCUT2D eigenvalue weighted by molar-refractivity contribution is 0.0851. The Morgan fingerprint density at radius 2 is 1.67 bits per heavy atom. The van der Waals surface area contributed by atoms with Crippen LogP contribution in [0.2, 0.25) is 0 Å². The van der Waals surface area contributed by atoms with Crippen molar-refractivity contribution in [2.24, 2.45) is 0 Å². The Morgan fingerprint density at radius 1 is 0.967 bits per heavy atom. The highest BCUT2D eigenvalue weighted by molar-refractivity contribution is 9.10. The van der Waals surface area contributed by atoms with E-state index < -0.39 is 0 Å². The maximum atomic E-state index is 12.7. The maximum absolute atomic E-state index is 12.7. The van der Waals surface area contributed by atoms with E-state index in [1.165, 1.54) is 0 Å². The molecule has 3 aromatic rings. The van der Waals surface area contributed by atoms with Crippen LogP contribution in [0.25, 0.3) is 5.70 Å². The maximum Gasteiger partial charge on any atom is 0.258 e. The number of nitrogens with zero attached hydrogens (tertiary/aromatic N) is 1. The van der Waals surface area contributed by atoms with Crippen molar-refractivity contribution >= 4 is 27.5 Å². The van der Waals surface area contributed by atoms with Crippen LogP contribution in [0.5, 0.6) is 11.5 Å². The van der Waals surface area contributed by atoms with Gasteiger partial charge in [0.1, 0.15) is 6.61 Å². The molecule has 0 N–H and O–H groups in total. The molecule has 30 heavy (non-hydrogen) atoms. The first-order valence-electron chi connectivity index (χ1n) is 9.72. The molecule has 0 bridgehead atoms. The molecule has 1 heterocycles. The van der Waals surface area contributed by atoms with Gasteiger partial charge in [-0.3, -0.25) is 4.79 Å². The highest BCUT2D eigenvalue weighted by Crippen LogP contribution is 2.36. The summed E-state index contributed by atoms with van der Waals surface area (Å²) in [6.45, 7) is 5.11. The largest absolute Gasteiger partial charge is 0.493 e. The molecule has 4 rings (SSSR count). The number of amides is 1. The fourth-order valence-corrected chi connectivity index (χ4v) is 4.10. The fraction of sp³-hybridized carbons (Fsp3) is 0.160. The SMILES string of the molecule is C=C1c2ccccc2C(=O)N1CCc1cc(OC)c(OCc2ccccc2)cc1Br. The Hall–Kier alpha value is -3.05. The number of carbonyl (C=O) groups excluding carboxylic acids is 1. The number of benzene rings is 3. The summed E-state index contributed by atoms with van der Waals surface area (Å²) >= 11 is 3.64. The molecule has 0 saturated carbocycles. The quantitative estimate of drug-likeness (QED) is 0.450. The summed E-state index contributed by atoms with van der Waals surface area (Å²) in [6.07, 6.45) is 0.661. The molecule has 0 aromatic heterocycles. The van der Waals surface area contributed by atoms with Crippen molar-refractivity contribution in [1.29, 1.82) is 0 Å². The average molecular weight is 464 g/mol. The van der Waals surface area contributed by atoms with Crippen molar-refractivity contribution in [2.45, 2.75) is 13.0 Å². The molecule has 0 radical (unpaired) electrons. The molecule has 1 aliphatic rings. The van der Waals surface area contributed by atoms with E-state index in [2.05, 4.69) is 22.5 Å². The van der Waals surface area contributed by atoms with Crippen LogP contribution < -0.4 is 9.47 Å². The third-order valence-electron chi connectivity index (χ3n) is 5.21. The van der Waals surface area contributed by atoms with Crippen LogP contribution in [-0.4, -0.2) is 24.5 Å². The standard InChI is InChI=1S/C25H22BrNO3/c1-17-20-10-6-7-11-21(20)25(28)27(17)13-12-19-14-23(29-2)24(15-22(19)26)30-16-18-8-4-3-5-9-18/h3-11,14-15H,1,12-13,16H2,2H3. The van der Waals surface area contributed by atoms with Crippen molar-refractivity contribution in [3.8, 4) is 11.5 Å². The minimum Gasteiger partial charge on any atom is -0.493 e. The topological polar surface area (TPSA) is 38.8 Å².